The van der Waals surface area contributed by atoms with Crippen molar-refractivity contribution < 1.29 is 23.8 Å². The van der Waals surface area contributed by atoms with Crippen molar-refractivity contribution in [3.8, 4) is 0 Å². The zero-order chi connectivity index (χ0) is 13.5. The Kier molecular flexibility index (Phi) is 5.12. The molecule has 0 radical (unpaired) electrons. The Balaban J connectivity index is 2.38. The molecule has 0 bridgehead atoms. The van der Waals surface area contributed by atoms with Gasteiger partial charge in [0, 0.05) is 7.11 Å². The summed E-state index contributed by atoms with van der Waals surface area (Å²) in [6.45, 7) is 1.70. The SMILES string of the molecule is COCC(NC(=O)NCc1ncc(C)o1)C(=O)O. The van der Waals surface area contributed by atoms with E-state index in [2.05, 4.69) is 20.4 Å². The summed E-state index contributed by atoms with van der Waals surface area (Å²) >= 11 is 0. The maximum absolute atomic E-state index is 11.4. The van der Waals surface area contributed by atoms with E-state index in [1.807, 2.05) is 0 Å². The van der Waals surface area contributed by atoms with E-state index in [4.69, 9.17) is 9.52 Å². The molecule has 0 aliphatic rings. The number of urea groups is 1. The molecule has 0 aliphatic carbocycles. The molecule has 8 nitrogen and oxygen atoms in total. The van der Waals surface area contributed by atoms with Gasteiger partial charge >= 0.3 is 12.0 Å². The number of hydrogen-bond acceptors (Lipinski definition) is 5. The number of methoxy groups -OCH3 is 1. The summed E-state index contributed by atoms with van der Waals surface area (Å²) in [6.07, 6.45) is 1.53. The van der Waals surface area contributed by atoms with Gasteiger partial charge in [0.1, 0.15) is 5.76 Å². The van der Waals surface area contributed by atoms with E-state index in [0.29, 0.717) is 11.7 Å². The topological polar surface area (TPSA) is 114 Å². The number of carbonyl (C=O) groups excluding carboxylic acids is 1. The van der Waals surface area contributed by atoms with Crippen LogP contribution in [0.2, 0.25) is 0 Å². The molecule has 1 unspecified atom stereocenters. The first-order valence-corrected chi connectivity index (χ1v) is 5.20. The fourth-order valence-electron chi connectivity index (χ4n) is 1.19. The van der Waals surface area contributed by atoms with Gasteiger partial charge in [-0.15, -0.1) is 0 Å². The quantitative estimate of drug-likeness (QED) is 0.654. The summed E-state index contributed by atoms with van der Waals surface area (Å²) in [7, 11) is 1.35. The second-order valence-electron chi connectivity index (χ2n) is 3.54. The molecule has 0 aromatic carbocycles. The van der Waals surface area contributed by atoms with Crippen LogP contribution in [0.1, 0.15) is 11.7 Å². The second-order valence-corrected chi connectivity index (χ2v) is 3.54. The van der Waals surface area contributed by atoms with E-state index in [9.17, 15) is 9.59 Å². The number of carboxylic acid groups (broad SMARTS) is 1. The second kappa shape index (κ2) is 6.60. The van der Waals surface area contributed by atoms with Crippen LogP contribution in [-0.2, 0) is 16.1 Å². The molecule has 100 valence electrons. The molecule has 0 fully saturated rings. The Bertz CT molecular complexity index is 417. The first kappa shape index (κ1) is 14.0. The molecule has 8 heteroatoms. The molecule has 0 saturated heterocycles. The number of ether oxygens (including phenoxy) is 1. The number of nitrogens with one attached hydrogen (secondary N) is 2. The molecule has 1 atom stereocenters. The third kappa shape index (κ3) is 4.42. The van der Waals surface area contributed by atoms with E-state index in [-0.39, 0.29) is 13.2 Å². The molecule has 0 spiro atoms. The highest BCUT2D eigenvalue weighted by atomic mass is 16.5. The smallest absolute Gasteiger partial charge is 0.328 e. The summed E-state index contributed by atoms with van der Waals surface area (Å²) < 4.78 is 9.82. The molecular formula is C10H15N3O5. The summed E-state index contributed by atoms with van der Waals surface area (Å²) in [4.78, 5) is 26.0. The number of nitrogens with zero attached hydrogens (tertiary/aromatic N) is 1. The number of oxazole rings is 1. The van der Waals surface area contributed by atoms with Crippen LogP contribution in [0.15, 0.2) is 10.6 Å². The van der Waals surface area contributed by atoms with Gasteiger partial charge in [0.25, 0.3) is 0 Å². The van der Waals surface area contributed by atoms with E-state index >= 15 is 0 Å². The number of amides is 2. The van der Waals surface area contributed by atoms with Gasteiger partial charge in [-0.2, -0.15) is 0 Å². The Morgan fingerprint density at radius 1 is 1.61 bits per heavy atom. The highest BCUT2D eigenvalue weighted by molar-refractivity contribution is 5.82. The number of aliphatic carboxylic acids is 1. The standard InChI is InChI=1S/C10H15N3O5/c1-6-3-11-8(18-6)4-12-10(16)13-7(5-17-2)9(14)15/h3,7H,4-5H2,1-2H3,(H,14,15)(H2,12,13,16). The van der Waals surface area contributed by atoms with E-state index in [0.717, 1.165) is 0 Å². The number of carboxylic acids is 1. The maximum atomic E-state index is 11.4. The average molecular weight is 257 g/mol. The predicted octanol–water partition coefficient (Wildman–Crippen LogP) is -0.118. The molecule has 1 aromatic heterocycles. The minimum absolute atomic E-state index is 0.0823. The van der Waals surface area contributed by atoms with Crippen molar-refractivity contribution in [1.29, 1.82) is 0 Å². The van der Waals surface area contributed by atoms with Crippen molar-refractivity contribution in [2.45, 2.75) is 19.5 Å². The zero-order valence-corrected chi connectivity index (χ0v) is 10.1. The van der Waals surface area contributed by atoms with Gasteiger partial charge < -0.3 is 24.9 Å². The molecule has 0 saturated carbocycles. The maximum Gasteiger partial charge on any atom is 0.328 e. The van der Waals surface area contributed by atoms with Crippen LogP contribution < -0.4 is 10.6 Å². The first-order chi connectivity index (χ1) is 8.52. The number of aryl methyl sites for hydroxylation is 1. The highest BCUT2D eigenvalue weighted by Gasteiger charge is 2.19. The molecule has 2 amide bonds. The fraction of sp³-hybridized carbons (Fsp3) is 0.500. The number of carbonyl (C=O) groups is 2. The molecule has 3 N–H and O–H groups in total. The van der Waals surface area contributed by atoms with Crippen molar-refractivity contribution in [3.63, 3.8) is 0 Å². The lowest BCUT2D eigenvalue weighted by atomic mass is 10.3. The number of rotatable bonds is 6. The third-order valence-corrected chi connectivity index (χ3v) is 2.01. The van der Waals surface area contributed by atoms with Crippen LogP contribution in [0.5, 0.6) is 0 Å². The van der Waals surface area contributed by atoms with Crippen LogP contribution in [-0.4, -0.2) is 41.8 Å². The first-order valence-electron chi connectivity index (χ1n) is 5.20. The van der Waals surface area contributed by atoms with Gasteiger partial charge in [-0.3, -0.25) is 0 Å². The lowest BCUT2D eigenvalue weighted by Gasteiger charge is -2.13. The highest BCUT2D eigenvalue weighted by Crippen LogP contribution is 2.00. The average Bonchev–Trinajstić information content (AvgIpc) is 2.72. The zero-order valence-electron chi connectivity index (χ0n) is 10.1. The van der Waals surface area contributed by atoms with Crippen molar-refractivity contribution in [3.05, 3.63) is 17.8 Å². The normalized spacial score (nSPS) is 11.9. The van der Waals surface area contributed by atoms with Crippen LogP contribution in [0, 0.1) is 6.92 Å². The summed E-state index contributed by atoms with van der Waals surface area (Å²) in [5, 5.41) is 13.5. The van der Waals surface area contributed by atoms with Crippen LogP contribution in [0.3, 0.4) is 0 Å². The van der Waals surface area contributed by atoms with Gasteiger partial charge in [0.2, 0.25) is 5.89 Å². The molecule has 18 heavy (non-hydrogen) atoms. The summed E-state index contributed by atoms with van der Waals surface area (Å²) in [5.74, 6) is -0.185. The summed E-state index contributed by atoms with van der Waals surface area (Å²) in [5.41, 5.74) is 0. The van der Waals surface area contributed by atoms with Gasteiger partial charge in [-0.25, -0.2) is 14.6 Å². The van der Waals surface area contributed by atoms with Crippen molar-refractivity contribution >= 4 is 12.0 Å². The van der Waals surface area contributed by atoms with E-state index < -0.39 is 18.0 Å². The van der Waals surface area contributed by atoms with Crippen molar-refractivity contribution in [2.75, 3.05) is 13.7 Å². The Morgan fingerprint density at radius 3 is 2.83 bits per heavy atom. The van der Waals surface area contributed by atoms with Gasteiger partial charge in [0.05, 0.1) is 19.3 Å². The Labute approximate surface area is 103 Å². The Hall–Kier alpha value is -2.09. The largest absolute Gasteiger partial charge is 0.480 e. The van der Waals surface area contributed by atoms with Gasteiger partial charge in [0.15, 0.2) is 6.04 Å². The molecular weight excluding hydrogens is 242 g/mol. The molecule has 1 aromatic rings. The van der Waals surface area contributed by atoms with Crippen LogP contribution in [0.25, 0.3) is 0 Å². The monoisotopic (exact) mass is 257 g/mol. The van der Waals surface area contributed by atoms with Crippen LogP contribution in [0.4, 0.5) is 4.79 Å². The van der Waals surface area contributed by atoms with E-state index in [1.54, 1.807) is 6.92 Å². The minimum atomic E-state index is -1.17. The van der Waals surface area contributed by atoms with Gasteiger partial charge in [-0.05, 0) is 6.92 Å². The Morgan fingerprint density at radius 2 is 2.33 bits per heavy atom. The van der Waals surface area contributed by atoms with E-state index in [1.165, 1.54) is 13.3 Å². The lowest BCUT2D eigenvalue weighted by molar-refractivity contribution is -0.140. The molecule has 1 rings (SSSR count). The van der Waals surface area contributed by atoms with Crippen molar-refractivity contribution in [1.82, 2.24) is 15.6 Å². The minimum Gasteiger partial charge on any atom is -0.480 e. The molecule has 1 heterocycles. The lowest BCUT2D eigenvalue weighted by Crippen LogP contribution is -2.48. The summed E-state index contributed by atoms with van der Waals surface area (Å²) in [6, 6.07) is -1.73. The number of hydrogen-bond donors (Lipinski definition) is 3. The number of aromatic nitrogens is 1. The van der Waals surface area contributed by atoms with Crippen LogP contribution >= 0.6 is 0 Å². The fourth-order valence-corrected chi connectivity index (χ4v) is 1.19. The third-order valence-electron chi connectivity index (χ3n) is 2.01. The predicted molar refractivity (Wildman–Crippen MR) is 59.9 cm³/mol. The molecule has 0 aliphatic heterocycles. The van der Waals surface area contributed by atoms with Gasteiger partial charge in [-0.1, -0.05) is 0 Å². The van der Waals surface area contributed by atoms with Crippen molar-refractivity contribution in [2.24, 2.45) is 0 Å².